The molecule has 1 aromatic heterocycles. The van der Waals surface area contributed by atoms with Gasteiger partial charge in [0.05, 0.1) is 24.4 Å². The Kier molecular flexibility index (Phi) is 7.52. The number of nitrogen functional groups attached to an aromatic ring is 1. The molecule has 0 aliphatic heterocycles. The lowest BCUT2D eigenvalue weighted by Gasteiger charge is -2.29. The molecule has 10 nitrogen and oxygen atoms in total. The van der Waals surface area contributed by atoms with Gasteiger partial charge < -0.3 is 20.8 Å². The van der Waals surface area contributed by atoms with E-state index in [0.29, 0.717) is 0 Å². The molecule has 0 amide bonds. The quantitative estimate of drug-likeness (QED) is 0.466. The Bertz CT molecular complexity index is 703. The lowest BCUT2D eigenvalue weighted by atomic mass is 9.96. The first-order chi connectivity index (χ1) is 11.7. The van der Waals surface area contributed by atoms with Crippen LogP contribution in [0.4, 0.5) is 5.82 Å². The molecule has 0 bridgehead atoms. The van der Waals surface area contributed by atoms with E-state index in [-0.39, 0.29) is 12.4 Å². The largest absolute Gasteiger partial charge is 0.472 e. The van der Waals surface area contributed by atoms with Gasteiger partial charge in [-0.3, -0.25) is 13.6 Å². The summed E-state index contributed by atoms with van der Waals surface area (Å²) in [5.41, 5.74) is 3.87. The monoisotopic (exact) mass is 393 g/mol. The van der Waals surface area contributed by atoms with Crippen molar-refractivity contribution in [1.29, 1.82) is 0 Å². The molecule has 0 spiro atoms. The second-order valence-corrected chi connectivity index (χ2v) is 8.59. The number of phosphoric acid groups is 1. The maximum atomic E-state index is 11.9. The standard InChI is InChI=1S/C15H28N3O7P/c1-9(8-24-26(22,23)25-15(3,4)5)12(19)13(20)10(2)18-7-6-11(16)17-14(18)21/h6-7,9-10,12-13,19-20H,8H2,1-5H3,(H,22,23)(H2,16,17,21). The smallest absolute Gasteiger partial charge is 0.390 e. The molecule has 0 saturated heterocycles. The van der Waals surface area contributed by atoms with Gasteiger partial charge >= 0.3 is 13.5 Å². The van der Waals surface area contributed by atoms with E-state index in [1.165, 1.54) is 26.1 Å². The van der Waals surface area contributed by atoms with Crippen LogP contribution in [-0.2, 0) is 13.6 Å². The lowest BCUT2D eigenvalue weighted by Crippen LogP contribution is -2.42. The van der Waals surface area contributed by atoms with Crippen molar-refractivity contribution in [2.24, 2.45) is 5.92 Å². The minimum Gasteiger partial charge on any atom is -0.390 e. The summed E-state index contributed by atoms with van der Waals surface area (Å²) in [6, 6.07) is 0.592. The highest BCUT2D eigenvalue weighted by Gasteiger charge is 2.33. The summed E-state index contributed by atoms with van der Waals surface area (Å²) in [5.74, 6) is -0.665. The Labute approximate surface area is 152 Å². The molecule has 0 fully saturated rings. The van der Waals surface area contributed by atoms with Crippen LogP contribution in [0.5, 0.6) is 0 Å². The van der Waals surface area contributed by atoms with Gasteiger partial charge in [-0.2, -0.15) is 4.98 Å². The molecule has 0 aliphatic carbocycles. The Hall–Kier alpha value is -1.29. The van der Waals surface area contributed by atoms with Gasteiger partial charge in [0.15, 0.2) is 0 Å². The molecule has 0 aliphatic rings. The predicted octanol–water partition coefficient (Wildman–Crippen LogP) is 0.677. The number of nitrogens with two attached hydrogens (primary N) is 1. The van der Waals surface area contributed by atoms with Gasteiger partial charge in [-0.25, -0.2) is 9.36 Å². The zero-order valence-corrected chi connectivity index (χ0v) is 16.5. The molecule has 1 rings (SSSR count). The normalized spacial score (nSPS) is 19.4. The minimum absolute atomic E-state index is 0.0489. The van der Waals surface area contributed by atoms with Crippen LogP contribution in [0.15, 0.2) is 17.1 Å². The molecule has 26 heavy (non-hydrogen) atoms. The van der Waals surface area contributed by atoms with Crippen molar-refractivity contribution in [3.05, 3.63) is 22.7 Å². The minimum atomic E-state index is -4.30. The summed E-state index contributed by atoms with van der Waals surface area (Å²) in [7, 11) is -4.30. The fourth-order valence-electron chi connectivity index (χ4n) is 2.21. The highest BCUT2D eigenvalue weighted by molar-refractivity contribution is 7.47. The van der Waals surface area contributed by atoms with E-state index < -0.39 is 43.3 Å². The summed E-state index contributed by atoms with van der Waals surface area (Å²) >= 11 is 0. The highest BCUT2D eigenvalue weighted by Crippen LogP contribution is 2.47. The summed E-state index contributed by atoms with van der Waals surface area (Å²) in [5, 5.41) is 20.6. The average Bonchev–Trinajstić information content (AvgIpc) is 2.48. The molecule has 0 aromatic carbocycles. The second kappa shape index (κ2) is 8.60. The van der Waals surface area contributed by atoms with Crippen LogP contribution in [0.3, 0.4) is 0 Å². The number of anilines is 1. The second-order valence-electron chi connectivity index (χ2n) is 7.21. The summed E-state index contributed by atoms with van der Waals surface area (Å²) in [6.07, 6.45) is -1.31. The Morgan fingerprint density at radius 3 is 2.38 bits per heavy atom. The maximum absolute atomic E-state index is 11.9. The number of nitrogens with zero attached hydrogens (tertiary/aromatic N) is 2. The number of aliphatic hydroxyl groups is 2. The number of aliphatic hydroxyl groups excluding tert-OH is 2. The zero-order valence-electron chi connectivity index (χ0n) is 15.6. The first kappa shape index (κ1) is 22.8. The molecule has 5 N–H and O–H groups in total. The summed E-state index contributed by atoms with van der Waals surface area (Å²) < 4.78 is 22.8. The average molecular weight is 393 g/mol. The third kappa shape index (κ3) is 6.79. The number of phosphoric ester groups is 1. The van der Waals surface area contributed by atoms with Crippen LogP contribution in [0, 0.1) is 5.92 Å². The van der Waals surface area contributed by atoms with Crippen molar-refractivity contribution in [1.82, 2.24) is 9.55 Å². The Morgan fingerprint density at radius 2 is 1.88 bits per heavy atom. The van der Waals surface area contributed by atoms with Gasteiger partial charge in [0.25, 0.3) is 0 Å². The zero-order chi connectivity index (χ0) is 20.3. The molecule has 1 aromatic rings. The first-order valence-electron chi connectivity index (χ1n) is 8.12. The van der Waals surface area contributed by atoms with E-state index in [2.05, 4.69) is 4.98 Å². The summed E-state index contributed by atoms with van der Waals surface area (Å²) in [4.78, 5) is 25.1. The van der Waals surface area contributed by atoms with Gasteiger partial charge in [0, 0.05) is 12.1 Å². The van der Waals surface area contributed by atoms with E-state index in [1.807, 2.05) is 0 Å². The number of rotatable bonds is 8. The van der Waals surface area contributed by atoms with Crippen molar-refractivity contribution >= 4 is 13.6 Å². The van der Waals surface area contributed by atoms with Crippen LogP contribution >= 0.6 is 7.82 Å². The van der Waals surface area contributed by atoms with Crippen molar-refractivity contribution < 1.29 is 28.7 Å². The fourth-order valence-corrected chi connectivity index (χ4v) is 3.37. The number of aromatic nitrogens is 2. The first-order valence-corrected chi connectivity index (χ1v) is 9.62. The van der Waals surface area contributed by atoms with E-state index in [4.69, 9.17) is 14.8 Å². The Balaban J connectivity index is 2.73. The molecular formula is C15H28N3O7P. The molecule has 0 saturated carbocycles. The molecule has 11 heteroatoms. The topological polar surface area (TPSA) is 157 Å². The van der Waals surface area contributed by atoms with E-state index in [9.17, 15) is 24.5 Å². The van der Waals surface area contributed by atoms with Crippen LogP contribution in [0.1, 0.15) is 40.7 Å². The van der Waals surface area contributed by atoms with Crippen LogP contribution in [0.2, 0.25) is 0 Å². The van der Waals surface area contributed by atoms with Crippen LogP contribution < -0.4 is 11.4 Å². The van der Waals surface area contributed by atoms with Gasteiger partial charge in [0.2, 0.25) is 0 Å². The van der Waals surface area contributed by atoms with Gasteiger partial charge in [-0.05, 0) is 33.8 Å². The molecule has 5 atom stereocenters. The molecule has 5 unspecified atom stereocenters. The Morgan fingerprint density at radius 1 is 1.31 bits per heavy atom. The van der Waals surface area contributed by atoms with Crippen molar-refractivity contribution in [3.63, 3.8) is 0 Å². The van der Waals surface area contributed by atoms with E-state index in [0.717, 1.165) is 4.57 Å². The lowest BCUT2D eigenvalue weighted by molar-refractivity contribution is -0.0502. The van der Waals surface area contributed by atoms with Gasteiger partial charge in [-0.15, -0.1) is 0 Å². The maximum Gasteiger partial charge on any atom is 0.472 e. The SMILES string of the molecule is CC(COP(=O)(O)OC(C)(C)C)C(O)C(O)C(C)n1ccc(N)nc1=O. The van der Waals surface area contributed by atoms with Crippen LogP contribution in [0.25, 0.3) is 0 Å². The van der Waals surface area contributed by atoms with E-state index in [1.54, 1.807) is 20.8 Å². The fraction of sp³-hybridized carbons (Fsp3) is 0.733. The van der Waals surface area contributed by atoms with Gasteiger partial charge in [0.1, 0.15) is 11.9 Å². The van der Waals surface area contributed by atoms with Crippen molar-refractivity contribution in [3.8, 4) is 0 Å². The van der Waals surface area contributed by atoms with Crippen molar-refractivity contribution in [2.45, 2.75) is 58.5 Å². The van der Waals surface area contributed by atoms with Crippen molar-refractivity contribution in [2.75, 3.05) is 12.3 Å². The third-order valence-corrected chi connectivity index (χ3v) is 4.86. The van der Waals surface area contributed by atoms with Gasteiger partial charge in [-0.1, -0.05) is 6.92 Å². The predicted molar refractivity (Wildman–Crippen MR) is 95.4 cm³/mol. The number of hydrogen-bond donors (Lipinski definition) is 4. The third-order valence-electron chi connectivity index (χ3n) is 3.61. The number of hydrogen-bond acceptors (Lipinski definition) is 8. The van der Waals surface area contributed by atoms with E-state index >= 15 is 0 Å². The molecular weight excluding hydrogens is 365 g/mol. The summed E-state index contributed by atoms with van der Waals surface area (Å²) in [6.45, 7) is 7.52. The van der Waals surface area contributed by atoms with Crippen LogP contribution in [-0.4, -0.2) is 49.1 Å². The highest BCUT2D eigenvalue weighted by atomic mass is 31.2. The molecule has 0 radical (unpaired) electrons. The molecule has 150 valence electrons. The molecule has 1 heterocycles.